The third-order valence-corrected chi connectivity index (χ3v) is 5.21. The Labute approximate surface area is 187 Å². The summed E-state index contributed by atoms with van der Waals surface area (Å²) >= 11 is 0. The first-order valence-corrected chi connectivity index (χ1v) is 10.5. The highest BCUT2D eigenvalue weighted by molar-refractivity contribution is 6.00. The van der Waals surface area contributed by atoms with Crippen molar-refractivity contribution in [3.63, 3.8) is 0 Å². The number of methoxy groups -OCH3 is 1. The monoisotopic (exact) mass is 434 g/mol. The topological polar surface area (TPSA) is 103 Å². The van der Waals surface area contributed by atoms with E-state index in [0.717, 1.165) is 6.42 Å². The summed E-state index contributed by atoms with van der Waals surface area (Å²) in [6.07, 6.45) is 1.49. The predicted octanol–water partition coefficient (Wildman–Crippen LogP) is 3.49. The lowest BCUT2D eigenvalue weighted by Crippen LogP contribution is -2.32. The SMILES string of the molecule is COc1ccc(NC(=O)CCC(=O)N(CCC#N)c2ccccc2)cc1N1CCCC1=O. The molecular weight excluding hydrogens is 408 g/mol. The lowest BCUT2D eigenvalue weighted by atomic mass is 10.2. The number of anilines is 3. The fraction of sp³-hybridized carbons (Fsp3) is 0.333. The van der Waals surface area contributed by atoms with E-state index in [1.807, 2.05) is 24.3 Å². The van der Waals surface area contributed by atoms with Gasteiger partial charge in [-0.15, -0.1) is 0 Å². The van der Waals surface area contributed by atoms with Crippen molar-refractivity contribution in [3.05, 3.63) is 48.5 Å². The number of nitrogens with zero attached hydrogens (tertiary/aromatic N) is 3. The van der Waals surface area contributed by atoms with Gasteiger partial charge in [0.2, 0.25) is 17.7 Å². The van der Waals surface area contributed by atoms with E-state index in [9.17, 15) is 14.4 Å². The van der Waals surface area contributed by atoms with Gasteiger partial charge in [0.25, 0.3) is 0 Å². The third-order valence-electron chi connectivity index (χ3n) is 5.21. The second-order valence-corrected chi connectivity index (χ2v) is 7.37. The molecule has 1 N–H and O–H groups in total. The Morgan fingerprint density at radius 1 is 1.19 bits per heavy atom. The molecule has 0 unspecified atom stereocenters. The number of hydrogen-bond donors (Lipinski definition) is 1. The fourth-order valence-electron chi connectivity index (χ4n) is 3.63. The molecule has 0 atom stereocenters. The summed E-state index contributed by atoms with van der Waals surface area (Å²) in [6.45, 7) is 0.881. The predicted molar refractivity (Wildman–Crippen MR) is 121 cm³/mol. The second kappa shape index (κ2) is 11.0. The van der Waals surface area contributed by atoms with Crippen LogP contribution in [-0.2, 0) is 14.4 Å². The molecule has 1 fully saturated rings. The number of hydrogen-bond acceptors (Lipinski definition) is 5. The van der Waals surface area contributed by atoms with Crippen molar-refractivity contribution >= 4 is 34.8 Å². The van der Waals surface area contributed by atoms with Crippen LogP contribution in [-0.4, -0.2) is 37.9 Å². The molecule has 32 heavy (non-hydrogen) atoms. The first-order chi connectivity index (χ1) is 15.5. The summed E-state index contributed by atoms with van der Waals surface area (Å²) in [7, 11) is 1.54. The largest absolute Gasteiger partial charge is 0.495 e. The second-order valence-electron chi connectivity index (χ2n) is 7.37. The van der Waals surface area contributed by atoms with Gasteiger partial charge in [-0.2, -0.15) is 5.26 Å². The molecule has 0 saturated carbocycles. The summed E-state index contributed by atoms with van der Waals surface area (Å²) in [5.74, 6) is 0.0513. The number of carbonyl (C=O) groups is 3. The van der Waals surface area contributed by atoms with Gasteiger partial charge in [0, 0.05) is 43.7 Å². The summed E-state index contributed by atoms with van der Waals surface area (Å²) in [4.78, 5) is 40.5. The van der Waals surface area contributed by atoms with E-state index >= 15 is 0 Å². The highest BCUT2D eigenvalue weighted by Gasteiger charge is 2.25. The first kappa shape index (κ1) is 22.8. The zero-order chi connectivity index (χ0) is 22.9. The number of nitrogens with one attached hydrogen (secondary N) is 1. The lowest BCUT2D eigenvalue weighted by molar-refractivity contribution is -0.122. The Morgan fingerprint density at radius 3 is 2.62 bits per heavy atom. The van der Waals surface area contributed by atoms with Crippen molar-refractivity contribution in [1.29, 1.82) is 5.26 Å². The Kier molecular flexibility index (Phi) is 7.81. The van der Waals surface area contributed by atoms with Crippen LogP contribution in [0, 0.1) is 11.3 Å². The van der Waals surface area contributed by atoms with Gasteiger partial charge in [0.05, 0.1) is 25.3 Å². The average Bonchev–Trinajstić information content (AvgIpc) is 3.24. The van der Waals surface area contributed by atoms with E-state index in [-0.39, 0.29) is 43.5 Å². The molecule has 1 aliphatic rings. The molecule has 0 aliphatic carbocycles. The van der Waals surface area contributed by atoms with Crippen LogP contribution >= 0.6 is 0 Å². The molecule has 8 nitrogen and oxygen atoms in total. The van der Waals surface area contributed by atoms with Crippen LogP contribution in [0.5, 0.6) is 5.75 Å². The smallest absolute Gasteiger partial charge is 0.227 e. The van der Waals surface area contributed by atoms with Gasteiger partial charge >= 0.3 is 0 Å². The van der Waals surface area contributed by atoms with Crippen LogP contribution in [0.15, 0.2) is 48.5 Å². The Bertz CT molecular complexity index is 1020. The first-order valence-electron chi connectivity index (χ1n) is 10.5. The maximum atomic E-state index is 12.7. The minimum atomic E-state index is -0.310. The van der Waals surface area contributed by atoms with Crippen molar-refractivity contribution in [1.82, 2.24) is 0 Å². The molecule has 2 aromatic rings. The van der Waals surface area contributed by atoms with E-state index in [1.54, 1.807) is 35.2 Å². The van der Waals surface area contributed by atoms with Crippen LogP contribution in [0.25, 0.3) is 0 Å². The van der Waals surface area contributed by atoms with Gasteiger partial charge in [-0.25, -0.2) is 0 Å². The number of amides is 3. The molecule has 3 rings (SSSR count). The standard InChI is InChI=1S/C24H26N4O4/c1-32-21-11-10-18(17-20(21)28-15-5-9-23(28)30)26-22(29)12-13-24(31)27(16-6-14-25)19-7-3-2-4-8-19/h2-4,7-8,10-11,17H,5-6,9,12-13,15-16H2,1H3,(H,26,29). The van der Waals surface area contributed by atoms with Crippen LogP contribution in [0.3, 0.4) is 0 Å². The van der Waals surface area contributed by atoms with Gasteiger partial charge < -0.3 is 19.9 Å². The molecule has 0 radical (unpaired) electrons. The highest BCUT2D eigenvalue weighted by atomic mass is 16.5. The van der Waals surface area contributed by atoms with Crippen molar-refractivity contribution in [3.8, 4) is 11.8 Å². The van der Waals surface area contributed by atoms with Crippen molar-refractivity contribution in [2.24, 2.45) is 0 Å². The van der Waals surface area contributed by atoms with Crippen LogP contribution in [0.2, 0.25) is 0 Å². The fourth-order valence-corrected chi connectivity index (χ4v) is 3.63. The van der Waals surface area contributed by atoms with Crippen LogP contribution < -0.4 is 19.9 Å². The number of carbonyl (C=O) groups excluding carboxylic acids is 3. The summed E-state index contributed by atoms with van der Waals surface area (Å²) in [5.41, 5.74) is 1.85. The number of rotatable bonds is 9. The highest BCUT2D eigenvalue weighted by Crippen LogP contribution is 2.34. The lowest BCUT2D eigenvalue weighted by Gasteiger charge is -2.22. The Hall–Kier alpha value is -3.86. The molecular formula is C24H26N4O4. The quantitative estimate of drug-likeness (QED) is 0.651. The zero-order valence-electron chi connectivity index (χ0n) is 18.0. The molecule has 0 bridgehead atoms. The molecule has 2 aromatic carbocycles. The molecule has 0 aromatic heterocycles. The van der Waals surface area contributed by atoms with Crippen molar-refractivity contribution in [2.75, 3.05) is 35.3 Å². The number of ether oxygens (including phenoxy) is 1. The van der Waals surface area contributed by atoms with E-state index in [0.29, 0.717) is 35.8 Å². The van der Waals surface area contributed by atoms with Crippen LogP contribution in [0.4, 0.5) is 17.1 Å². The van der Waals surface area contributed by atoms with E-state index < -0.39 is 0 Å². The van der Waals surface area contributed by atoms with Gasteiger partial charge in [-0.1, -0.05) is 18.2 Å². The van der Waals surface area contributed by atoms with Gasteiger partial charge in [0.1, 0.15) is 5.75 Å². The van der Waals surface area contributed by atoms with Crippen LogP contribution in [0.1, 0.15) is 32.1 Å². The molecule has 1 aliphatic heterocycles. The minimum absolute atomic E-state index is 0.00126. The maximum Gasteiger partial charge on any atom is 0.227 e. The van der Waals surface area contributed by atoms with E-state index in [4.69, 9.17) is 10.00 Å². The molecule has 0 spiro atoms. The van der Waals surface area contributed by atoms with Crippen molar-refractivity contribution in [2.45, 2.75) is 32.1 Å². The third kappa shape index (κ3) is 5.64. The number of nitriles is 1. The molecule has 1 saturated heterocycles. The van der Waals surface area contributed by atoms with E-state index in [2.05, 4.69) is 5.32 Å². The van der Waals surface area contributed by atoms with E-state index in [1.165, 1.54) is 12.0 Å². The maximum absolute atomic E-state index is 12.7. The zero-order valence-corrected chi connectivity index (χ0v) is 18.0. The number of benzene rings is 2. The summed E-state index contributed by atoms with van der Waals surface area (Å²) in [5, 5.41) is 11.7. The minimum Gasteiger partial charge on any atom is -0.495 e. The molecule has 166 valence electrons. The normalized spacial score (nSPS) is 12.9. The Balaban J connectivity index is 1.63. The molecule has 3 amide bonds. The van der Waals surface area contributed by atoms with Gasteiger partial charge in [-0.05, 0) is 36.8 Å². The molecule has 1 heterocycles. The number of para-hydroxylation sites is 1. The summed E-state index contributed by atoms with van der Waals surface area (Å²) in [6, 6.07) is 16.3. The average molecular weight is 434 g/mol. The van der Waals surface area contributed by atoms with Crippen molar-refractivity contribution < 1.29 is 19.1 Å². The van der Waals surface area contributed by atoms with Gasteiger partial charge in [0.15, 0.2) is 0 Å². The summed E-state index contributed by atoms with van der Waals surface area (Å²) < 4.78 is 5.37. The Morgan fingerprint density at radius 2 is 1.97 bits per heavy atom. The van der Waals surface area contributed by atoms with Gasteiger partial charge in [-0.3, -0.25) is 14.4 Å². The molecule has 8 heteroatoms.